The fourth-order valence-corrected chi connectivity index (χ4v) is 1.43. The molecule has 1 aliphatic rings. The minimum Gasteiger partial charge on any atom is -0.388 e. The van der Waals surface area contributed by atoms with Crippen LogP contribution in [0.1, 0.15) is 23.7 Å². The van der Waals surface area contributed by atoms with E-state index in [0.29, 0.717) is 0 Å². The summed E-state index contributed by atoms with van der Waals surface area (Å²) >= 11 is 0. The Kier molecular flexibility index (Phi) is 1.82. The second-order valence-electron chi connectivity index (χ2n) is 2.97. The van der Waals surface area contributed by atoms with E-state index < -0.39 is 0 Å². The molecule has 0 N–H and O–H groups in total. The number of benzene rings is 1. The summed E-state index contributed by atoms with van der Waals surface area (Å²) in [6, 6.07) is 8.25. The van der Waals surface area contributed by atoms with E-state index in [2.05, 4.69) is 24.2 Å². The molecule has 0 spiro atoms. The summed E-state index contributed by atoms with van der Waals surface area (Å²) in [4.78, 5) is 5.19. The molecule has 1 aliphatic heterocycles. The molecule has 0 amide bonds. The van der Waals surface area contributed by atoms with Crippen molar-refractivity contribution in [2.75, 3.05) is 0 Å². The fraction of sp³-hybridized carbons (Fsp3) is 0.300. The Balaban J connectivity index is 2.27. The molecule has 1 aromatic rings. The third kappa shape index (κ3) is 1.20. The standard InChI is InChI=1S/C10H11NO/c1-8-4-2-3-5-9(8)10-6-7-11-12-10/h2-5,7,10H,6H2,1H3/t10-/m0/s1. The summed E-state index contributed by atoms with van der Waals surface area (Å²) in [5, 5.41) is 3.76. The van der Waals surface area contributed by atoms with Crippen molar-refractivity contribution in [1.29, 1.82) is 0 Å². The summed E-state index contributed by atoms with van der Waals surface area (Å²) in [5.74, 6) is 0. The van der Waals surface area contributed by atoms with Gasteiger partial charge in [0.1, 0.15) is 0 Å². The second kappa shape index (κ2) is 2.97. The highest BCUT2D eigenvalue weighted by Crippen LogP contribution is 2.26. The van der Waals surface area contributed by atoms with Crippen LogP contribution >= 0.6 is 0 Å². The zero-order chi connectivity index (χ0) is 8.39. The molecule has 0 aliphatic carbocycles. The average Bonchev–Trinajstić information content (AvgIpc) is 2.57. The Labute approximate surface area is 71.8 Å². The van der Waals surface area contributed by atoms with Crippen LogP contribution in [0.25, 0.3) is 0 Å². The van der Waals surface area contributed by atoms with Crippen LogP contribution < -0.4 is 0 Å². The van der Waals surface area contributed by atoms with E-state index in [-0.39, 0.29) is 6.10 Å². The minimum absolute atomic E-state index is 0.145. The first-order valence-corrected chi connectivity index (χ1v) is 4.11. The average molecular weight is 161 g/mol. The van der Waals surface area contributed by atoms with Crippen LogP contribution in [-0.2, 0) is 4.84 Å². The van der Waals surface area contributed by atoms with Crippen molar-refractivity contribution in [1.82, 2.24) is 0 Å². The largest absolute Gasteiger partial charge is 0.388 e. The number of hydrogen-bond acceptors (Lipinski definition) is 2. The molecule has 0 aromatic heterocycles. The first kappa shape index (κ1) is 7.35. The maximum absolute atomic E-state index is 5.19. The van der Waals surface area contributed by atoms with Crippen molar-refractivity contribution in [3.63, 3.8) is 0 Å². The molecule has 2 heteroatoms. The van der Waals surface area contributed by atoms with E-state index in [9.17, 15) is 0 Å². The highest BCUT2D eigenvalue weighted by molar-refractivity contribution is 5.59. The van der Waals surface area contributed by atoms with Crippen molar-refractivity contribution in [2.24, 2.45) is 5.16 Å². The van der Waals surface area contributed by atoms with Gasteiger partial charge in [0.2, 0.25) is 0 Å². The zero-order valence-corrected chi connectivity index (χ0v) is 7.03. The molecular formula is C10H11NO. The summed E-state index contributed by atoms with van der Waals surface area (Å²) in [6.07, 6.45) is 2.85. The minimum atomic E-state index is 0.145. The van der Waals surface area contributed by atoms with E-state index in [4.69, 9.17) is 4.84 Å². The molecule has 0 radical (unpaired) electrons. The van der Waals surface area contributed by atoms with Gasteiger partial charge in [0.15, 0.2) is 6.10 Å². The molecule has 0 saturated heterocycles. The van der Waals surface area contributed by atoms with E-state index in [0.717, 1.165) is 6.42 Å². The topological polar surface area (TPSA) is 21.6 Å². The normalized spacial score (nSPS) is 20.9. The maximum Gasteiger partial charge on any atom is 0.157 e. The van der Waals surface area contributed by atoms with Crippen molar-refractivity contribution in [2.45, 2.75) is 19.4 Å². The van der Waals surface area contributed by atoms with Gasteiger partial charge in [-0.05, 0) is 18.1 Å². The Bertz CT molecular complexity index is 298. The molecule has 12 heavy (non-hydrogen) atoms. The SMILES string of the molecule is Cc1ccccc1[C@@H]1CC=NO1. The van der Waals surface area contributed by atoms with Gasteiger partial charge < -0.3 is 4.84 Å². The monoisotopic (exact) mass is 161 g/mol. The molecule has 0 unspecified atom stereocenters. The zero-order valence-electron chi connectivity index (χ0n) is 7.03. The summed E-state index contributed by atoms with van der Waals surface area (Å²) in [5.41, 5.74) is 2.52. The van der Waals surface area contributed by atoms with E-state index in [1.165, 1.54) is 11.1 Å². The molecule has 2 nitrogen and oxygen atoms in total. The number of hydrogen-bond donors (Lipinski definition) is 0. The second-order valence-corrected chi connectivity index (χ2v) is 2.97. The molecule has 1 aromatic carbocycles. The van der Waals surface area contributed by atoms with Crippen LogP contribution in [0.5, 0.6) is 0 Å². The van der Waals surface area contributed by atoms with Crippen molar-refractivity contribution in [3.8, 4) is 0 Å². The molecule has 1 heterocycles. The lowest BCUT2D eigenvalue weighted by Gasteiger charge is -2.10. The number of oxime groups is 1. The molecule has 62 valence electrons. The molecule has 2 rings (SSSR count). The van der Waals surface area contributed by atoms with Crippen LogP contribution in [-0.4, -0.2) is 6.21 Å². The van der Waals surface area contributed by atoms with E-state index in [1.54, 1.807) is 0 Å². The van der Waals surface area contributed by atoms with Gasteiger partial charge in [-0.25, -0.2) is 0 Å². The van der Waals surface area contributed by atoms with E-state index >= 15 is 0 Å². The van der Waals surface area contributed by atoms with Gasteiger partial charge >= 0.3 is 0 Å². The lowest BCUT2D eigenvalue weighted by molar-refractivity contribution is 0.0853. The van der Waals surface area contributed by atoms with Gasteiger partial charge in [-0.3, -0.25) is 0 Å². The maximum atomic E-state index is 5.19. The van der Waals surface area contributed by atoms with Crippen molar-refractivity contribution >= 4 is 6.21 Å². The summed E-state index contributed by atoms with van der Waals surface area (Å²) < 4.78 is 0. The van der Waals surface area contributed by atoms with Crippen LogP contribution in [0.2, 0.25) is 0 Å². The molecule has 0 fully saturated rings. The Hall–Kier alpha value is -1.31. The highest BCUT2D eigenvalue weighted by atomic mass is 16.6. The van der Waals surface area contributed by atoms with E-state index in [1.807, 2.05) is 18.3 Å². The van der Waals surface area contributed by atoms with Crippen LogP contribution in [0, 0.1) is 6.92 Å². The van der Waals surface area contributed by atoms with Gasteiger partial charge in [-0.1, -0.05) is 29.4 Å². The summed E-state index contributed by atoms with van der Waals surface area (Å²) in [6.45, 7) is 2.09. The number of aryl methyl sites for hydroxylation is 1. The number of rotatable bonds is 1. The van der Waals surface area contributed by atoms with Gasteiger partial charge in [-0.2, -0.15) is 0 Å². The quantitative estimate of drug-likeness (QED) is 0.620. The molecule has 0 bridgehead atoms. The highest BCUT2D eigenvalue weighted by Gasteiger charge is 2.16. The van der Waals surface area contributed by atoms with Crippen LogP contribution in [0.15, 0.2) is 29.4 Å². The Morgan fingerprint density at radius 2 is 2.25 bits per heavy atom. The van der Waals surface area contributed by atoms with Gasteiger partial charge in [0.25, 0.3) is 0 Å². The van der Waals surface area contributed by atoms with Gasteiger partial charge in [-0.15, -0.1) is 0 Å². The fourth-order valence-electron chi connectivity index (χ4n) is 1.43. The predicted molar refractivity (Wildman–Crippen MR) is 48.1 cm³/mol. The van der Waals surface area contributed by atoms with Gasteiger partial charge in [0.05, 0.1) is 0 Å². The molecule has 1 atom stereocenters. The number of nitrogens with zero attached hydrogens (tertiary/aromatic N) is 1. The Morgan fingerprint density at radius 1 is 1.42 bits per heavy atom. The lowest BCUT2D eigenvalue weighted by atomic mass is 10.0. The van der Waals surface area contributed by atoms with Crippen molar-refractivity contribution in [3.05, 3.63) is 35.4 Å². The van der Waals surface area contributed by atoms with Gasteiger partial charge in [0, 0.05) is 12.6 Å². The predicted octanol–water partition coefficient (Wildman–Crippen LogP) is 2.44. The lowest BCUT2D eigenvalue weighted by Crippen LogP contribution is -1.97. The van der Waals surface area contributed by atoms with Crippen LogP contribution in [0.3, 0.4) is 0 Å². The third-order valence-corrected chi connectivity index (χ3v) is 2.12. The first-order chi connectivity index (χ1) is 5.88. The summed E-state index contributed by atoms with van der Waals surface area (Å²) in [7, 11) is 0. The Morgan fingerprint density at radius 3 is 2.92 bits per heavy atom. The molecular weight excluding hydrogens is 150 g/mol. The van der Waals surface area contributed by atoms with Crippen molar-refractivity contribution < 1.29 is 4.84 Å². The molecule has 0 saturated carbocycles. The third-order valence-electron chi connectivity index (χ3n) is 2.12. The first-order valence-electron chi connectivity index (χ1n) is 4.11. The van der Waals surface area contributed by atoms with Crippen LogP contribution in [0.4, 0.5) is 0 Å². The smallest absolute Gasteiger partial charge is 0.157 e.